The SMILES string of the molecule is CC(CSC(=O)c1ccccc1)C(=O)N1C[C@@H](Oc2ccc3ccccc3c2)C[C@H]1C(=O)O. The number of benzene rings is 3. The van der Waals surface area contributed by atoms with Crippen molar-refractivity contribution in [3.63, 3.8) is 0 Å². The van der Waals surface area contributed by atoms with E-state index in [-0.39, 0.29) is 29.7 Å². The number of amides is 1. The zero-order valence-electron chi connectivity index (χ0n) is 18.2. The molecule has 1 unspecified atom stereocenters. The van der Waals surface area contributed by atoms with Crippen molar-refractivity contribution in [1.29, 1.82) is 0 Å². The maximum atomic E-state index is 13.1. The smallest absolute Gasteiger partial charge is 0.326 e. The summed E-state index contributed by atoms with van der Waals surface area (Å²) in [6.07, 6.45) is -0.196. The zero-order valence-corrected chi connectivity index (χ0v) is 19.0. The summed E-state index contributed by atoms with van der Waals surface area (Å²) in [5, 5.41) is 11.7. The molecule has 1 amide bonds. The summed E-state index contributed by atoms with van der Waals surface area (Å²) in [6.45, 7) is 1.92. The van der Waals surface area contributed by atoms with Crippen LogP contribution in [0.15, 0.2) is 72.8 Å². The first-order chi connectivity index (χ1) is 15.9. The molecule has 0 radical (unpaired) electrons. The Morgan fingerprint density at radius 2 is 1.73 bits per heavy atom. The van der Waals surface area contributed by atoms with Crippen LogP contribution in [0.1, 0.15) is 23.7 Å². The third-order valence-corrected chi connectivity index (χ3v) is 6.91. The van der Waals surface area contributed by atoms with Crippen LogP contribution >= 0.6 is 11.8 Å². The van der Waals surface area contributed by atoms with Crippen molar-refractivity contribution in [3.05, 3.63) is 78.4 Å². The number of thioether (sulfide) groups is 1. The summed E-state index contributed by atoms with van der Waals surface area (Å²) in [6, 6.07) is 21.6. The largest absolute Gasteiger partial charge is 0.488 e. The Bertz CT molecular complexity index is 1170. The van der Waals surface area contributed by atoms with Gasteiger partial charge in [-0.25, -0.2) is 4.79 Å². The number of carboxylic acids is 1. The van der Waals surface area contributed by atoms with E-state index in [2.05, 4.69) is 0 Å². The average Bonchev–Trinajstić information content (AvgIpc) is 3.26. The molecule has 4 rings (SSSR count). The van der Waals surface area contributed by atoms with Gasteiger partial charge >= 0.3 is 5.97 Å². The van der Waals surface area contributed by atoms with Gasteiger partial charge in [0, 0.05) is 23.7 Å². The molecule has 1 aliphatic rings. The van der Waals surface area contributed by atoms with Crippen LogP contribution in [0.5, 0.6) is 5.75 Å². The van der Waals surface area contributed by atoms with E-state index in [0.29, 0.717) is 11.3 Å². The highest BCUT2D eigenvalue weighted by atomic mass is 32.2. The Labute approximate surface area is 196 Å². The molecule has 1 saturated heterocycles. The molecule has 0 aromatic heterocycles. The van der Waals surface area contributed by atoms with Crippen LogP contribution in [0.2, 0.25) is 0 Å². The molecule has 170 valence electrons. The first-order valence-corrected chi connectivity index (χ1v) is 11.8. The van der Waals surface area contributed by atoms with Crippen LogP contribution in [0.4, 0.5) is 0 Å². The van der Waals surface area contributed by atoms with E-state index < -0.39 is 24.0 Å². The Kier molecular flexibility index (Phi) is 6.99. The first kappa shape index (κ1) is 22.9. The van der Waals surface area contributed by atoms with Gasteiger partial charge in [-0.05, 0) is 22.9 Å². The molecule has 1 aliphatic heterocycles. The Hall–Kier alpha value is -3.32. The fourth-order valence-corrected chi connectivity index (χ4v) is 4.85. The van der Waals surface area contributed by atoms with Crippen LogP contribution in [-0.2, 0) is 9.59 Å². The number of carbonyl (C=O) groups excluding carboxylic acids is 2. The molecular weight excluding hydrogens is 438 g/mol. The van der Waals surface area contributed by atoms with Crippen molar-refractivity contribution in [2.24, 2.45) is 5.92 Å². The van der Waals surface area contributed by atoms with E-state index in [9.17, 15) is 19.5 Å². The topological polar surface area (TPSA) is 83.9 Å². The predicted molar refractivity (Wildman–Crippen MR) is 129 cm³/mol. The number of fused-ring (bicyclic) bond motifs is 1. The zero-order chi connectivity index (χ0) is 23.4. The van der Waals surface area contributed by atoms with Crippen LogP contribution < -0.4 is 4.74 Å². The molecule has 0 bridgehead atoms. The summed E-state index contributed by atoms with van der Waals surface area (Å²) < 4.78 is 6.06. The van der Waals surface area contributed by atoms with Gasteiger partial charge in [-0.1, -0.05) is 79.3 Å². The highest BCUT2D eigenvalue weighted by Gasteiger charge is 2.42. The van der Waals surface area contributed by atoms with Gasteiger partial charge in [0.05, 0.1) is 6.54 Å². The average molecular weight is 464 g/mol. The fraction of sp³-hybridized carbons (Fsp3) is 0.269. The summed E-state index contributed by atoms with van der Waals surface area (Å²) in [7, 11) is 0. The summed E-state index contributed by atoms with van der Waals surface area (Å²) in [5.74, 6) is -0.891. The number of ether oxygens (including phenoxy) is 1. The molecule has 3 atom stereocenters. The molecule has 1 fully saturated rings. The molecule has 1 N–H and O–H groups in total. The minimum absolute atomic E-state index is 0.107. The summed E-state index contributed by atoms with van der Waals surface area (Å²) >= 11 is 1.07. The maximum absolute atomic E-state index is 13.1. The van der Waals surface area contributed by atoms with Crippen molar-refractivity contribution < 1.29 is 24.2 Å². The highest BCUT2D eigenvalue weighted by molar-refractivity contribution is 8.14. The minimum Gasteiger partial charge on any atom is -0.488 e. The van der Waals surface area contributed by atoms with Gasteiger partial charge < -0.3 is 14.7 Å². The van der Waals surface area contributed by atoms with Crippen molar-refractivity contribution in [3.8, 4) is 5.75 Å². The van der Waals surface area contributed by atoms with Crippen molar-refractivity contribution in [2.45, 2.75) is 25.5 Å². The number of carbonyl (C=O) groups is 3. The van der Waals surface area contributed by atoms with Crippen LogP contribution in [0.3, 0.4) is 0 Å². The third kappa shape index (κ3) is 5.37. The Balaban J connectivity index is 1.39. The maximum Gasteiger partial charge on any atom is 0.326 e. The van der Waals surface area contributed by atoms with Crippen LogP contribution in [0.25, 0.3) is 10.8 Å². The van der Waals surface area contributed by atoms with Gasteiger partial charge in [0.1, 0.15) is 17.9 Å². The number of carboxylic acid groups (broad SMARTS) is 1. The highest BCUT2D eigenvalue weighted by Crippen LogP contribution is 2.28. The number of nitrogens with zero attached hydrogens (tertiary/aromatic N) is 1. The van der Waals surface area contributed by atoms with Gasteiger partial charge in [0.25, 0.3) is 0 Å². The molecule has 6 nitrogen and oxygen atoms in total. The van der Waals surface area contributed by atoms with E-state index in [1.165, 1.54) is 4.90 Å². The molecule has 7 heteroatoms. The van der Waals surface area contributed by atoms with Crippen molar-refractivity contribution in [1.82, 2.24) is 4.90 Å². The van der Waals surface area contributed by atoms with E-state index in [0.717, 1.165) is 22.5 Å². The van der Waals surface area contributed by atoms with Crippen LogP contribution in [0, 0.1) is 5.92 Å². The fourth-order valence-electron chi connectivity index (χ4n) is 4.01. The van der Waals surface area contributed by atoms with Crippen molar-refractivity contribution in [2.75, 3.05) is 12.3 Å². The lowest BCUT2D eigenvalue weighted by atomic mass is 10.1. The Morgan fingerprint density at radius 3 is 2.45 bits per heavy atom. The molecule has 0 saturated carbocycles. The van der Waals surface area contributed by atoms with Gasteiger partial charge in [-0.2, -0.15) is 0 Å². The molecule has 3 aromatic rings. The lowest BCUT2D eigenvalue weighted by Crippen LogP contribution is -2.43. The van der Waals surface area contributed by atoms with E-state index in [1.54, 1.807) is 31.2 Å². The monoisotopic (exact) mass is 463 g/mol. The minimum atomic E-state index is -1.05. The second kappa shape index (κ2) is 10.1. The quantitative estimate of drug-likeness (QED) is 0.556. The Morgan fingerprint density at radius 1 is 1.03 bits per heavy atom. The van der Waals surface area contributed by atoms with Gasteiger partial charge in [-0.3, -0.25) is 9.59 Å². The molecule has 0 spiro atoms. The van der Waals surface area contributed by atoms with Gasteiger partial charge in [-0.15, -0.1) is 0 Å². The normalized spacial score (nSPS) is 18.8. The summed E-state index contributed by atoms with van der Waals surface area (Å²) in [5.41, 5.74) is 0.579. The number of likely N-dealkylation sites (tertiary alicyclic amines) is 1. The second-order valence-electron chi connectivity index (χ2n) is 8.19. The molecule has 3 aromatic carbocycles. The number of aliphatic carboxylic acids is 1. The van der Waals surface area contributed by atoms with Gasteiger partial charge in [0.15, 0.2) is 0 Å². The first-order valence-electron chi connectivity index (χ1n) is 10.8. The second-order valence-corrected chi connectivity index (χ2v) is 9.19. The van der Waals surface area contributed by atoms with E-state index >= 15 is 0 Å². The summed E-state index contributed by atoms with van der Waals surface area (Å²) in [4.78, 5) is 38.6. The van der Waals surface area contributed by atoms with Gasteiger partial charge in [0.2, 0.25) is 11.0 Å². The standard InChI is InChI=1S/C26H25NO5S/c1-17(16-33-26(31)19-8-3-2-4-9-19)24(28)27-15-22(14-23(27)25(29)30)32-21-12-11-18-7-5-6-10-20(18)13-21/h2-13,17,22-23H,14-16H2,1H3,(H,29,30)/t17?,22-,23-/m0/s1. The van der Waals surface area contributed by atoms with E-state index in [1.807, 2.05) is 48.5 Å². The number of rotatable bonds is 7. The third-order valence-electron chi connectivity index (χ3n) is 5.75. The molecule has 33 heavy (non-hydrogen) atoms. The van der Waals surface area contributed by atoms with E-state index in [4.69, 9.17) is 4.74 Å². The molecule has 0 aliphatic carbocycles. The lowest BCUT2D eigenvalue weighted by Gasteiger charge is -2.24. The lowest BCUT2D eigenvalue weighted by molar-refractivity contribution is -0.149. The molecular formula is C26H25NO5S. The van der Waals surface area contributed by atoms with Crippen LogP contribution in [-0.4, -0.2) is 51.4 Å². The molecule has 1 heterocycles. The van der Waals surface area contributed by atoms with Crippen molar-refractivity contribution >= 4 is 39.5 Å². The number of hydrogen-bond acceptors (Lipinski definition) is 5. The number of hydrogen-bond donors (Lipinski definition) is 1. The predicted octanol–water partition coefficient (Wildman–Crippen LogP) is 4.48.